The maximum absolute atomic E-state index is 13.1. The first-order chi connectivity index (χ1) is 11.5. The summed E-state index contributed by atoms with van der Waals surface area (Å²) in [5, 5.41) is 6.54. The Kier molecular flexibility index (Phi) is 3.44. The molecule has 0 bridgehead atoms. The van der Waals surface area contributed by atoms with Crippen LogP contribution in [0.4, 0.5) is 14.5 Å². The van der Waals surface area contributed by atoms with E-state index in [4.69, 9.17) is 0 Å². The summed E-state index contributed by atoms with van der Waals surface area (Å²) in [4.78, 5) is 12.5. The number of halogens is 2. The summed E-state index contributed by atoms with van der Waals surface area (Å²) < 4.78 is 27.4. The number of benzene rings is 1. The van der Waals surface area contributed by atoms with Gasteiger partial charge < -0.3 is 5.32 Å². The Labute approximate surface area is 138 Å². The third-order valence-corrected chi connectivity index (χ3v) is 5.17. The number of para-hydroxylation sites is 1. The Bertz CT molecular complexity index is 791. The zero-order chi connectivity index (χ0) is 16.9. The fourth-order valence-corrected chi connectivity index (χ4v) is 3.73. The van der Waals surface area contributed by atoms with Crippen molar-refractivity contribution in [2.24, 2.45) is 13.0 Å². The molecule has 0 spiro atoms. The van der Waals surface area contributed by atoms with Gasteiger partial charge in [0.05, 0.1) is 5.56 Å². The highest BCUT2D eigenvalue weighted by atomic mass is 19.3. The largest absolute Gasteiger partial charge is 0.322 e. The third kappa shape index (κ3) is 2.50. The zero-order valence-electron chi connectivity index (χ0n) is 13.4. The predicted octanol–water partition coefficient (Wildman–Crippen LogP) is 4.05. The summed E-state index contributed by atoms with van der Waals surface area (Å²) in [6.07, 6.45) is 3.32. The maximum Gasteiger partial charge on any atom is 0.282 e. The lowest BCUT2D eigenvalue weighted by Gasteiger charge is -2.19. The van der Waals surface area contributed by atoms with Crippen LogP contribution in [0.15, 0.2) is 30.5 Å². The summed E-state index contributed by atoms with van der Waals surface area (Å²) >= 11 is 0. The molecule has 0 aliphatic heterocycles. The van der Waals surface area contributed by atoms with Gasteiger partial charge in [0, 0.05) is 24.3 Å². The zero-order valence-corrected chi connectivity index (χ0v) is 13.4. The molecule has 1 aromatic heterocycles. The summed E-state index contributed by atoms with van der Waals surface area (Å²) in [7, 11) is 1.53. The Hall–Kier alpha value is -2.24. The maximum atomic E-state index is 13.1. The first kappa shape index (κ1) is 15.3. The normalized spacial score (nSPS) is 18.7. The first-order valence-electron chi connectivity index (χ1n) is 8.24. The molecule has 4 rings (SSSR count). The lowest BCUT2D eigenvalue weighted by molar-refractivity contribution is 0.101. The molecule has 1 amide bonds. The van der Waals surface area contributed by atoms with E-state index in [0.29, 0.717) is 5.92 Å². The fourth-order valence-electron chi connectivity index (χ4n) is 3.73. The summed E-state index contributed by atoms with van der Waals surface area (Å²) in [5.41, 5.74) is 1.51. The molecule has 2 aromatic rings. The monoisotopic (exact) mass is 331 g/mol. The molecule has 0 saturated heterocycles. The van der Waals surface area contributed by atoms with E-state index in [9.17, 15) is 13.6 Å². The van der Waals surface area contributed by atoms with E-state index in [1.807, 2.05) is 18.2 Å². The second-order valence-corrected chi connectivity index (χ2v) is 6.83. The average molecular weight is 331 g/mol. The molecule has 2 fully saturated rings. The van der Waals surface area contributed by atoms with Gasteiger partial charge in [-0.3, -0.25) is 9.48 Å². The van der Waals surface area contributed by atoms with Gasteiger partial charge in [0.25, 0.3) is 12.3 Å². The van der Waals surface area contributed by atoms with Gasteiger partial charge in [0.15, 0.2) is 0 Å². The lowest BCUT2D eigenvalue weighted by Crippen LogP contribution is -2.18. The van der Waals surface area contributed by atoms with Crippen molar-refractivity contribution in [2.75, 3.05) is 5.32 Å². The van der Waals surface area contributed by atoms with Crippen LogP contribution in [-0.4, -0.2) is 15.7 Å². The van der Waals surface area contributed by atoms with E-state index >= 15 is 0 Å². The lowest BCUT2D eigenvalue weighted by atomic mass is 9.89. The summed E-state index contributed by atoms with van der Waals surface area (Å²) in [5.74, 6) is 0.169. The van der Waals surface area contributed by atoms with E-state index in [-0.39, 0.29) is 11.0 Å². The Balaban J connectivity index is 1.64. The number of carbonyl (C=O) groups is 1. The number of anilines is 1. The van der Waals surface area contributed by atoms with Gasteiger partial charge in [-0.1, -0.05) is 18.2 Å². The molecular formula is C18H19F2N3O. The van der Waals surface area contributed by atoms with Crippen LogP contribution in [-0.2, 0) is 12.5 Å². The number of rotatable bonds is 5. The Morgan fingerprint density at radius 3 is 2.67 bits per heavy atom. The quantitative estimate of drug-likeness (QED) is 0.898. The van der Waals surface area contributed by atoms with E-state index in [0.717, 1.165) is 24.1 Å². The van der Waals surface area contributed by atoms with Crippen molar-refractivity contribution in [3.63, 3.8) is 0 Å². The van der Waals surface area contributed by atoms with Crippen LogP contribution in [0.1, 0.15) is 53.7 Å². The van der Waals surface area contributed by atoms with Gasteiger partial charge in [-0.2, -0.15) is 5.10 Å². The van der Waals surface area contributed by atoms with Gasteiger partial charge in [0.2, 0.25) is 0 Å². The molecule has 2 saturated carbocycles. The van der Waals surface area contributed by atoms with Crippen LogP contribution >= 0.6 is 0 Å². The van der Waals surface area contributed by atoms with Gasteiger partial charge >= 0.3 is 0 Å². The average Bonchev–Trinajstić information content (AvgIpc) is 3.44. The number of nitrogens with one attached hydrogen (secondary N) is 1. The fraction of sp³-hybridized carbons (Fsp3) is 0.444. The molecule has 2 aliphatic rings. The topological polar surface area (TPSA) is 46.9 Å². The molecule has 1 heterocycles. The van der Waals surface area contributed by atoms with Crippen LogP contribution in [0, 0.1) is 5.92 Å². The first-order valence-corrected chi connectivity index (χ1v) is 8.24. The second-order valence-electron chi connectivity index (χ2n) is 6.83. The third-order valence-electron chi connectivity index (χ3n) is 5.17. The molecule has 0 radical (unpaired) electrons. The molecule has 6 heteroatoms. The molecule has 0 atom stereocenters. The van der Waals surface area contributed by atoms with Crippen molar-refractivity contribution in [1.82, 2.24) is 9.78 Å². The van der Waals surface area contributed by atoms with Crippen molar-refractivity contribution in [3.8, 4) is 0 Å². The molecule has 2 aliphatic carbocycles. The predicted molar refractivity (Wildman–Crippen MR) is 86.2 cm³/mol. The molecular weight excluding hydrogens is 312 g/mol. The highest BCUT2D eigenvalue weighted by molar-refractivity contribution is 6.05. The molecule has 24 heavy (non-hydrogen) atoms. The second kappa shape index (κ2) is 5.40. The Morgan fingerprint density at radius 1 is 1.33 bits per heavy atom. The standard InChI is InChI=1S/C18H19F2N3O/c1-23-10-12(15(22-23)16(19)20)17(24)21-14-5-3-2-4-13(14)18(8-9-18)11-6-7-11/h2-5,10-11,16H,6-9H2,1H3,(H,21,24). The molecule has 4 nitrogen and oxygen atoms in total. The van der Waals surface area contributed by atoms with Gasteiger partial charge in [-0.15, -0.1) is 0 Å². The van der Waals surface area contributed by atoms with E-state index in [1.165, 1.54) is 30.8 Å². The van der Waals surface area contributed by atoms with E-state index in [2.05, 4.69) is 16.5 Å². The molecule has 1 N–H and O–H groups in total. The van der Waals surface area contributed by atoms with Gasteiger partial charge in [0.1, 0.15) is 5.69 Å². The van der Waals surface area contributed by atoms with E-state index in [1.54, 1.807) is 0 Å². The van der Waals surface area contributed by atoms with Crippen molar-refractivity contribution in [3.05, 3.63) is 47.3 Å². The van der Waals surface area contributed by atoms with Crippen molar-refractivity contribution < 1.29 is 13.6 Å². The van der Waals surface area contributed by atoms with Crippen LogP contribution in [0.3, 0.4) is 0 Å². The number of nitrogens with zero attached hydrogens (tertiary/aromatic N) is 2. The minimum atomic E-state index is -2.77. The summed E-state index contributed by atoms with van der Waals surface area (Å²) in [6, 6.07) is 7.74. The minimum Gasteiger partial charge on any atom is -0.322 e. The highest BCUT2D eigenvalue weighted by Crippen LogP contribution is 2.63. The Morgan fingerprint density at radius 2 is 2.04 bits per heavy atom. The van der Waals surface area contributed by atoms with Gasteiger partial charge in [-0.05, 0) is 43.2 Å². The number of alkyl halides is 2. The van der Waals surface area contributed by atoms with Crippen LogP contribution in [0.25, 0.3) is 0 Å². The molecule has 1 aromatic carbocycles. The number of amides is 1. The summed E-state index contributed by atoms with van der Waals surface area (Å²) in [6.45, 7) is 0. The van der Waals surface area contributed by atoms with E-state index < -0.39 is 18.0 Å². The van der Waals surface area contributed by atoms with Crippen molar-refractivity contribution >= 4 is 11.6 Å². The smallest absolute Gasteiger partial charge is 0.282 e. The SMILES string of the molecule is Cn1cc(C(=O)Nc2ccccc2C2(C3CC3)CC2)c(C(F)F)n1. The van der Waals surface area contributed by atoms with Gasteiger partial charge in [-0.25, -0.2) is 8.78 Å². The minimum absolute atomic E-state index is 0.0708. The number of carbonyl (C=O) groups excluding carboxylic acids is 1. The number of aromatic nitrogens is 2. The van der Waals surface area contributed by atoms with Crippen LogP contribution < -0.4 is 5.32 Å². The van der Waals surface area contributed by atoms with Crippen molar-refractivity contribution in [2.45, 2.75) is 37.5 Å². The molecule has 126 valence electrons. The number of hydrogen-bond donors (Lipinski definition) is 1. The number of hydrogen-bond acceptors (Lipinski definition) is 2. The van der Waals surface area contributed by atoms with Crippen LogP contribution in [0.2, 0.25) is 0 Å². The highest BCUT2D eigenvalue weighted by Gasteiger charge is 2.55. The van der Waals surface area contributed by atoms with Crippen molar-refractivity contribution in [1.29, 1.82) is 0 Å². The number of aryl methyl sites for hydroxylation is 1. The molecule has 0 unspecified atom stereocenters. The van der Waals surface area contributed by atoms with Crippen LogP contribution in [0.5, 0.6) is 0 Å².